The van der Waals surface area contributed by atoms with Gasteiger partial charge in [-0.3, -0.25) is 0 Å². The normalized spacial score (nSPS) is 10.2. The average molecular weight is 685 g/mol. The minimum absolute atomic E-state index is 0. The van der Waals surface area contributed by atoms with Crippen LogP contribution in [0.4, 0.5) is 0 Å². The molecule has 0 spiro atoms. The molecule has 2 N–H and O–H groups in total. The van der Waals surface area contributed by atoms with Crippen molar-refractivity contribution in [2.45, 2.75) is 55.4 Å². The maximum Gasteiger partial charge on any atom is 2.00 e. The van der Waals surface area contributed by atoms with Gasteiger partial charge < -0.3 is 39.5 Å². The van der Waals surface area contributed by atoms with E-state index in [1.54, 1.807) is 79.7 Å². The molecule has 0 aliphatic heterocycles. The summed E-state index contributed by atoms with van der Waals surface area (Å²) in [4.78, 5) is 46.5. The van der Waals surface area contributed by atoms with Crippen LogP contribution in [0.25, 0.3) is 0 Å². The molecule has 0 atom stereocenters. The van der Waals surface area contributed by atoms with Crippen LogP contribution in [0.15, 0.2) is 48.5 Å². The molecule has 248 valence electrons. The molecule has 0 radical (unpaired) electrons. The maximum absolute atomic E-state index is 12.3. The predicted octanol–water partition coefficient (Wildman–Crippen LogP) is 4.41. The van der Waals surface area contributed by atoms with Gasteiger partial charge in [0.15, 0.2) is 0 Å². The first-order chi connectivity index (χ1) is 21.4. The molecule has 0 aliphatic rings. The average Bonchev–Trinajstić information content (AvgIpc) is 2.97. The van der Waals surface area contributed by atoms with Crippen LogP contribution in [0.2, 0.25) is 0 Å². The van der Waals surface area contributed by atoms with Crippen LogP contribution in [-0.4, -0.2) is 34.1 Å². The van der Waals surface area contributed by atoms with E-state index < -0.39 is 23.9 Å². The quantitative estimate of drug-likeness (QED) is 0.168. The number of phenolic OH excluding ortho intramolecular Hbond substituents is 2. The number of hydrogen-bond acceptors (Lipinski definition) is 10. The molecule has 4 aromatic carbocycles. The van der Waals surface area contributed by atoms with Gasteiger partial charge in [0.1, 0.15) is 23.0 Å². The molecule has 4 rings (SSSR count). The number of carbonyl (C=O) groups excluding carboxylic acids is 4. The van der Waals surface area contributed by atoms with Crippen LogP contribution < -0.4 is 19.7 Å². The van der Waals surface area contributed by atoms with Crippen molar-refractivity contribution in [3.05, 3.63) is 115 Å². The van der Waals surface area contributed by atoms with Crippen LogP contribution in [0, 0.1) is 55.4 Å². The summed E-state index contributed by atoms with van der Waals surface area (Å²) in [5.41, 5.74) is 5.17. The molecule has 0 aliphatic carbocycles. The first-order valence-corrected chi connectivity index (χ1v) is 14.1. The Kier molecular flexibility index (Phi) is 12.5. The van der Waals surface area contributed by atoms with Gasteiger partial charge in [0.2, 0.25) is 0 Å². The van der Waals surface area contributed by atoms with Crippen molar-refractivity contribution in [1.82, 2.24) is 0 Å². The zero-order chi connectivity index (χ0) is 34.6. The van der Waals surface area contributed by atoms with E-state index >= 15 is 0 Å². The Morgan fingerprint density at radius 3 is 0.872 bits per heavy atom. The Hall–Kier alpha value is -5.15. The molecule has 0 bridgehead atoms. The van der Waals surface area contributed by atoms with E-state index in [1.165, 1.54) is 24.3 Å². The summed E-state index contributed by atoms with van der Waals surface area (Å²) in [5.74, 6) is -2.75. The number of phenols is 2. The van der Waals surface area contributed by atoms with E-state index in [0.717, 1.165) is 0 Å². The minimum atomic E-state index is -1.28. The molecule has 47 heavy (non-hydrogen) atoms. The van der Waals surface area contributed by atoms with Gasteiger partial charge in [-0.15, -0.1) is 0 Å². The first-order valence-electron chi connectivity index (χ1n) is 14.1. The Morgan fingerprint density at radius 2 is 0.660 bits per heavy atom. The number of carbonyl (C=O) groups is 4. The SMILES string of the molecule is Cc1cc(C(=O)Oc2c(C)cc(C(=O)[O-])cc2C)cc(C)c1O.Cc1cc(C(=O)Oc2c(C)cc(C(=O)[O-])cc2C)cc(C)c1O.[Ni+2]. The summed E-state index contributed by atoms with van der Waals surface area (Å²) in [6.45, 7) is 13.4. The van der Waals surface area contributed by atoms with Gasteiger partial charge in [0.05, 0.1) is 23.1 Å². The number of aromatic carboxylic acids is 2. The number of ether oxygens (including phenoxy) is 2. The number of carboxylic acid groups (broad SMARTS) is 2. The molecule has 0 aromatic heterocycles. The van der Waals surface area contributed by atoms with E-state index in [4.69, 9.17) is 9.47 Å². The molecule has 0 heterocycles. The fourth-order valence-electron chi connectivity index (χ4n) is 4.91. The second-order valence-corrected chi connectivity index (χ2v) is 11.1. The Bertz CT molecular complexity index is 1660. The van der Waals surface area contributed by atoms with E-state index in [9.17, 15) is 39.6 Å². The van der Waals surface area contributed by atoms with Crippen LogP contribution in [0.3, 0.4) is 0 Å². The van der Waals surface area contributed by atoms with Gasteiger partial charge >= 0.3 is 28.4 Å². The monoisotopic (exact) mass is 684 g/mol. The molecule has 4 aromatic rings. The van der Waals surface area contributed by atoms with Crippen molar-refractivity contribution in [3.8, 4) is 23.0 Å². The predicted molar refractivity (Wildman–Crippen MR) is 166 cm³/mol. The van der Waals surface area contributed by atoms with Gasteiger partial charge in [-0.05, 0) is 160 Å². The zero-order valence-electron chi connectivity index (χ0n) is 27.1. The third-order valence-corrected chi connectivity index (χ3v) is 7.24. The van der Waals surface area contributed by atoms with Crippen LogP contribution in [0.5, 0.6) is 23.0 Å². The van der Waals surface area contributed by atoms with E-state index in [2.05, 4.69) is 0 Å². The summed E-state index contributed by atoms with van der Waals surface area (Å²) in [6, 6.07) is 11.8. The second kappa shape index (κ2) is 15.4. The van der Waals surface area contributed by atoms with E-state index in [0.29, 0.717) is 67.1 Å². The van der Waals surface area contributed by atoms with Crippen molar-refractivity contribution >= 4 is 23.9 Å². The molecular weight excluding hydrogens is 651 g/mol. The summed E-state index contributed by atoms with van der Waals surface area (Å²) < 4.78 is 10.8. The standard InChI is InChI=1S/2C18H18O5.Ni/c2*1-9-5-14(6-10(2)15(9)19)18(22)23-16-11(3)7-13(17(20)21)8-12(16)4;/h2*5-8,19H,1-4H3,(H,20,21);/q;;+2/p-2. The van der Waals surface area contributed by atoms with Crippen molar-refractivity contribution in [3.63, 3.8) is 0 Å². The van der Waals surface area contributed by atoms with E-state index in [1.807, 2.05) is 0 Å². The smallest absolute Gasteiger partial charge is 0.545 e. The van der Waals surface area contributed by atoms with Crippen molar-refractivity contribution in [2.24, 2.45) is 0 Å². The number of carboxylic acids is 2. The van der Waals surface area contributed by atoms with Gasteiger partial charge in [-0.2, -0.15) is 0 Å². The molecule has 0 fully saturated rings. The Balaban J connectivity index is 0.000000320. The third kappa shape index (κ3) is 8.98. The molecule has 0 unspecified atom stereocenters. The molecular formula is C36H34NiO10. The largest absolute Gasteiger partial charge is 2.00 e. The number of aromatic hydroxyl groups is 2. The molecule has 11 heteroatoms. The molecule has 0 saturated carbocycles. The summed E-state index contributed by atoms with van der Waals surface area (Å²) in [7, 11) is 0. The first kappa shape index (κ1) is 38.0. The maximum atomic E-state index is 12.3. The van der Waals surface area contributed by atoms with Gasteiger partial charge in [0, 0.05) is 0 Å². The zero-order valence-corrected chi connectivity index (χ0v) is 28.1. The number of esters is 2. The number of benzene rings is 4. The Morgan fingerprint density at radius 1 is 0.447 bits per heavy atom. The van der Waals surface area contributed by atoms with Crippen LogP contribution in [-0.2, 0) is 16.5 Å². The topological polar surface area (TPSA) is 173 Å². The van der Waals surface area contributed by atoms with Gasteiger partial charge in [-0.25, -0.2) is 9.59 Å². The third-order valence-electron chi connectivity index (χ3n) is 7.24. The number of rotatable bonds is 6. The van der Waals surface area contributed by atoms with Gasteiger partial charge in [-0.1, -0.05) is 0 Å². The van der Waals surface area contributed by atoms with Crippen molar-refractivity contribution in [2.75, 3.05) is 0 Å². The minimum Gasteiger partial charge on any atom is -0.545 e. The number of hydrogen-bond donors (Lipinski definition) is 2. The second-order valence-electron chi connectivity index (χ2n) is 11.1. The fourth-order valence-corrected chi connectivity index (χ4v) is 4.91. The molecule has 0 amide bonds. The fraction of sp³-hybridized carbons (Fsp3) is 0.222. The molecule has 0 saturated heterocycles. The van der Waals surface area contributed by atoms with E-state index in [-0.39, 0.29) is 39.1 Å². The van der Waals surface area contributed by atoms with Gasteiger partial charge in [0.25, 0.3) is 0 Å². The number of aryl methyl sites for hydroxylation is 8. The molecule has 10 nitrogen and oxygen atoms in total. The van der Waals surface area contributed by atoms with Crippen molar-refractivity contribution < 1.29 is 65.6 Å². The summed E-state index contributed by atoms with van der Waals surface area (Å²) >= 11 is 0. The Labute approximate surface area is 282 Å². The van der Waals surface area contributed by atoms with Crippen LogP contribution >= 0.6 is 0 Å². The summed E-state index contributed by atoms with van der Waals surface area (Å²) in [6.07, 6.45) is 0. The summed E-state index contributed by atoms with van der Waals surface area (Å²) in [5, 5.41) is 41.4. The van der Waals surface area contributed by atoms with Crippen LogP contribution in [0.1, 0.15) is 85.9 Å². The van der Waals surface area contributed by atoms with Crippen molar-refractivity contribution in [1.29, 1.82) is 0 Å².